The number of hydrogen-bond acceptors (Lipinski definition) is 3. The molecule has 1 rings (SSSR count). The minimum absolute atomic E-state index is 0.745. The Morgan fingerprint density at radius 1 is 1.50 bits per heavy atom. The lowest BCUT2D eigenvalue weighted by molar-refractivity contribution is 0.374. The fourth-order valence-electron chi connectivity index (χ4n) is 0.216. The highest BCUT2D eigenvalue weighted by molar-refractivity contribution is 4.77. The first-order chi connectivity index (χ1) is 3.89. The Balaban J connectivity index is 0.000000222. The van der Waals surface area contributed by atoms with Gasteiger partial charge in [-0.3, -0.25) is 0 Å². The van der Waals surface area contributed by atoms with Crippen LogP contribution in [0.3, 0.4) is 0 Å². The summed E-state index contributed by atoms with van der Waals surface area (Å²) in [6.45, 7) is 5.79. The fraction of sp³-hybridized carbons (Fsp3) is 0.600. The second-order valence-electron chi connectivity index (χ2n) is 1.03. The van der Waals surface area contributed by atoms with Gasteiger partial charge in [0.2, 0.25) is 0 Å². The van der Waals surface area contributed by atoms with Crippen LogP contribution in [0.4, 0.5) is 0 Å². The highest BCUT2D eigenvalue weighted by Gasteiger charge is 1.79. The summed E-state index contributed by atoms with van der Waals surface area (Å²) in [5.41, 5.74) is 0. The lowest BCUT2D eigenvalue weighted by atomic mass is 10.6. The summed E-state index contributed by atoms with van der Waals surface area (Å²) in [6, 6.07) is 0. The van der Waals surface area contributed by atoms with Crippen LogP contribution in [0.2, 0.25) is 0 Å². The molecule has 0 radical (unpaired) electrons. The molecule has 0 aliphatic heterocycles. The van der Waals surface area contributed by atoms with Gasteiger partial charge >= 0.3 is 0 Å². The van der Waals surface area contributed by atoms with Crippen molar-refractivity contribution in [2.75, 3.05) is 0 Å². The average Bonchev–Trinajstić information content (AvgIpc) is 2.24. The van der Waals surface area contributed by atoms with Crippen molar-refractivity contribution in [2.24, 2.45) is 0 Å². The lowest BCUT2D eigenvalue weighted by Crippen LogP contribution is -1.53. The number of hydrogen-bond donors (Lipinski definition) is 0. The predicted octanol–water partition coefficient (Wildman–Crippen LogP) is 1.40. The van der Waals surface area contributed by atoms with Crippen molar-refractivity contribution in [3.63, 3.8) is 0 Å². The minimum Gasteiger partial charge on any atom is -0.342 e. The van der Waals surface area contributed by atoms with E-state index in [4.69, 9.17) is 0 Å². The normalized spacial score (nSPS) is 7.38. The molecule has 0 aliphatic carbocycles. The molecule has 0 saturated heterocycles. The van der Waals surface area contributed by atoms with Gasteiger partial charge in [-0.2, -0.15) is 0 Å². The van der Waals surface area contributed by atoms with Crippen LogP contribution in [-0.2, 0) is 0 Å². The molecule has 0 bridgehead atoms. The van der Waals surface area contributed by atoms with E-state index in [1.165, 1.54) is 0 Å². The number of aryl methyl sites for hydroxylation is 1. The van der Waals surface area contributed by atoms with Gasteiger partial charge in [-0.05, 0) is 6.92 Å². The SMILES string of the molecule is CC.Cc1cnno1. The summed E-state index contributed by atoms with van der Waals surface area (Å²) < 4.78 is 4.47. The molecule has 0 aromatic carbocycles. The Bertz CT molecular complexity index is 114. The Morgan fingerprint density at radius 3 is 2.25 bits per heavy atom. The van der Waals surface area contributed by atoms with E-state index in [2.05, 4.69) is 14.9 Å². The average molecular weight is 114 g/mol. The molecule has 0 saturated carbocycles. The zero-order valence-electron chi connectivity index (χ0n) is 5.38. The van der Waals surface area contributed by atoms with Gasteiger partial charge < -0.3 is 4.52 Å². The third-order valence-electron chi connectivity index (χ3n) is 0.471. The molecular weight excluding hydrogens is 104 g/mol. The van der Waals surface area contributed by atoms with Gasteiger partial charge in [-0.15, -0.1) is 5.10 Å². The van der Waals surface area contributed by atoms with E-state index in [-0.39, 0.29) is 0 Å². The summed E-state index contributed by atoms with van der Waals surface area (Å²) in [5, 5.41) is 6.60. The molecule has 8 heavy (non-hydrogen) atoms. The Labute approximate surface area is 48.7 Å². The van der Waals surface area contributed by atoms with Crippen LogP contribution in [0.5, 0.6) is 0 Å². The maximum Gasteiger partial charge on any atom is 0.154 e. The topological polar surface area (TPSA) is 38.9 Å². The first-order valence-electron chi connectivity index (χ1n) is 2.63. The maximum atomic E-state index is 4.47. The zero-order chi connectivity index (χ0) is 6.41. The van der Waals surface area contributed by atoms with Crippen LogP contribution >= 0.6 is 0 Å². The van der Waals surface area contributed by atoms with Crippen molar-refractivity contribution < 1.29 is 4.52 Å². The van der Waals surface area contributed by atoms with E-state index in [0.29, 0.717) is 0 Å². The van der Waals surface area contributed by atoms with Gasteiger partial charge in [0.15, 0.2) is 5.76 Å². The number of nitrogens with zero attached hydrogens (tertiary/aromatic N) is 2. The fourth-order valence-corrected chi connectivity index (χ4v) is 0.216. The first kappa shape index (κ1) is 7.14. The van der Waals surface area contributed by atoms with Crippen molar-refractivity contribution in [1.82, 2.24) is 10.4 Å². The highest BCUT2D eigenvalue weighted by Crippen LogP contribution is 1.84. The van der Waals surface area contributed by atoms with Gasteiger partial charge in [-0.25, -0.2) is 0 Å². The van der Waals surface area contributed by atoms with Crippen LogP contribution in [0, 0.1) is 6.92 Å². The minimum atomic E-state index is 0.745. The molecule has 0 aliphatic rings. The first-order valence-corrected chi connectivity index (χ1v) is 2.63. The van der Waals surface area contributed by atoms with Gasteiger partial charge in [-0.1, -0.05) is 13.8 Å². The molecule has 1 aromatic rings. The monoisotopic (exact) mass is 114 g/mol. The number of rotatable bonds is 0. The molecule has 0 N–H and O–H groups in total. The summed E-state index contributed by atoms with van der Waals surface area (Å²) in [5.74, 6) is 0.745. The zero-order valence-corrected chi connectivity index (χ0v) is 5.38. The van der Waals surface area contributed by atoms with Gasteiger partial charge in [0, 0.05) is 5.27 Å². The van der Waals surface area contributed by atoms with E-state index in [1.807, 2.05) is 13.8 Å². The van der Waals surface area contributed by atoms with Crippen LogP contribution in [-0.4, -0.2) is 10.4 Å². The quantitative estimate of drug-likeness (QED) is 0.511. The maximum absolute atomic E-state index is 4.47. The summed E-state index contributed by atoms with van der Waals surface area (Å²) in [7, 11) is 0. The predicted molar refractivity (Wildman–Crippen MR) is 30.4 cm³/mol. The van der Waals surface area contributed by atoms with E-state index in [0.717, 1.165) is 5.76 Å². The molecule has 1 heterocycles. The molecule has 0 amide bonds. The van der Waals surface area contributed by atoms with Gasteiger partial charge in [0.05, 0.1) is 6.20 Å². The molecule has 1 aromatic heterocycles. The smallest absolute Gasteiger partial charge is 0.154 e. The van der Waals surface area contributed by atoms with E-state index < -0.39 is 0 Å². The Kier molecular flexibility index (Phi) is 3.84. The third kappa shape index (κ3) is 2.34. The molecule has 0 unspecified atom stereocenters. The molecule has 46 valence electrons. The van der Waals surface area contributed by atoms with Crippen LogP contribution in [0.1, 0.15) is 19.6 Å². The van der Waals surface area contributed by atoms with Crippen LogP contribution in [0.15, 0.2) is 10.7 Å². The van der Waals surface area contributed by atoms with E-state index in [1.54, 1.807) is 13.1 Å². The van der Waals surface area contributed by atoms with E-state index >= 15 is 0 Å². The second-order valence-corrected chi connectivity index (χ2v) is 1.03. The molecule has 3 nitrogen and oxygen atoms in total. The largest absolute Gasteiger partial charge is 0.342 e. The van der Waals surface area contributed by atoms with Gasteiger partial charge in [0.1, 0.15) is 0 Å². The highest BCUT2D eigenvalue weighted by atomic mass is 16.5. The Hall–Kier alpha value is -0.860. The molecular formula is C5H10N2O. The molecule has 0 fully saturated rings. The summed E-state index contributed by atoms with van der Waals surface area (Å²) in [4.78, 5) is 0. The van der Waals surface area contributed by atoms with Crippen molar-refractivity contribution in [1.29, 1.82) is 0 Å². The summed E-state index contributed by atoms with van der Waals surface area (Å²) in [6.07, 6.45) is 1.56. The number of aromatic nitrogens is 2. The third-order valence-corrected chi connectivity index (χ3v) is 0.471. The van der Waals surface area contributed by atoms with Gasteiger partial charge in [0.25, 0.3) is 0 Å². The van der Waals surface area contributed by atoms with Crippen molar-refractivity contribution in [3.05, 3.63) is 12.0 Å². The molecule has 3 heteroatoms. The van der Waals surface area contributed by atoms with Crippen molar-refractivity contribution in [3.8, 4) is 0 Å². The second kappa shape index (κ2) is 4.30. The van der Waals surface area contributed by atoms with E-state index in [9.17, 15) is 0 Å². The van der Waals surface area contributed by atoms with Crippen LogP contribution < -0.4 is 0 Å². The van der Waals surface area contributed by atoms with Crippen LogP contribution in [0.25, 0.3) is 0 Å². The Morgan fingerprint density at radius 2 is 2.12 bits per heavy atom. The summed E-state index contributed by atoms with van der Waals surface area (Å²) >= 11 is 0. The molecule has 0 spiro atoms. The van der Waals surface area contributed by atoms with Crippen molar-refractivity contribution >= 4 is 0 Å². The lowest BCUT2D eigenvalue weighted by Gasteiger charge is -1.62. The van der Waals surface area contributed by atoms with Crippen molar-refractivity contribution in [2.45, 2.75) is 20.8 Å². The standard InChI is InChI=1S/C3H4N2O.C2H6/c1-3-2-4-5-6-3;1-2/h2H,1H3;1-2H3. The molecule has 0 atom stereocenters.